The van der Waals surface area contributed by atoms with Gasteiger partial charge in [-0.3, -0.25) is 34.2 Å². The van der Waals surface area contributed by atoms with E-state index in [4.69, 9.17) is 5.73 Å². The molecule has 1 saturated heterocycles. The van der Waals surface area contributed by atoms with Crippen LogP contribution in [0.3, 0.4) is 0 Å². The number of carbonyl (C=O) groups is 5. The third kappa shape index (κ3) is 3.79. The quantitative estimate of drug-likeness (QED) is 0.426. The van der Waals surface area contributed by atoms with E-state index in [-0.39, 0.29) is 36.3 Å². The Hall–Kier alpha value is -3.07. The van der Waals surface area contributed by atoms with E-state index >= 15 is 0 Å². The average molecular weight is 386 g/mol. The molecule has 1 fully saturated rings. The molecule has 1 unspecified atom stereocenters. The van der Waals surface area contributed by atoms with Gasteiger partial charge in [-0.2, -0.15) is 0 Å². The predicted octanol–water partition coefficient (Wildman–Crippen LogP) is -0.515. The number of nitrogens with two attached hydrogens (primary N) is 1. The fourth-order valence-electron chi connectivity index (χ4n) is 3.46. The van der Waals surface area contributed by atoms with Crippen LogP contribution in [-0.4, -0.2) is 53.6 Å². The number of hydrogen-bond acceptors (Lipinski definition) is 6. The molecule has 148 valence electrons. The Morgan fingerprint density at radius 1 is 1.18 bits per heavy atom. The van der Waals surface area contributed by atoms with E-state index in [0.29, 0.717) is 18.7 Å². The van der Waals surface area contributed by atoms with Crippen LogP contribution in [0.25, 0.3) is 0 Å². The molecule has 3 rings (SSSR count). The van der Waals surface area contributed by atoms with Crippen molar-refractivity contribution in [3.63, 3.8) is 0 Å². The van der Waals surface area contributed by atoms with Gasteiger partial charge in [0.25, 0.3) is 11.8 Å². The van der Waals surface area contributed by atoms with E-state index in [1.54, 1.807) is 12.1 Å². The second kappa shape index (κ2) is 8.30. The van der Waals surface area contributed by atoms with Gasteiger partial charge in [0.1, 0.15) is 6.04 Å². The lowest BCUT2D eigenvalue weighted by Gasteiger charge is -2.27. The van der Waals surface area contributed by atoms with E-state index in [0.717, 1.165) is 17.7 Å². The highest BCUT2D eigenvalue weighted by Gasteiger charge is 2.45. The molecule has 28 heavy (non-hydrogen) atoms. The maximum atomic E-state index is 12.9. The summed E-state index contributed by atoms with van der Waals surface area (Å²) in [6, 6.07) is 3.71. The minimum Gasteiger partial charge on any atom is -0.356 e. The molecule has 0 bridgehead atoms. The standard InChI is InChI=1S/C19H22N4O5/c20-8-1-2-9-21-15(25)10-11-4-3-5-12-16(11)19(28)23(18(12)27)13-6-7-14(24)22-17(13)26/h3-5,13H,1-2,6-10,20H2,(H,21,25)(H,22,24,26). The largest absolute Gasteiger partial charge is 0.356 e. The molecule has 9 nitrogen and oxygen atoms in total. The first-order valence-electron chi connectivity index (χ1n) is 9.24. The van der Waals surface area contributed by atoms with Gasteiger partial charge in [0, 0.05) is 13.0 Å². The first-order chi connectivity index (χ1) is 13.4. The zero-order valence-electron chi connectivity index (χ0n) is 15.3. The van der Waals surface area contributed by atoms with E-state index in [9.17, 15) is 24.0 Å². The number of unbranched alkanes of at least 4 members (excludes halogenated alkanes) is 1. The van der Waals surface area contributed by atoms with Gasteiger partial charge in [-0.15, -0.1) is 0 Å². The van der Waals surface area contributed by atoms with E-state index in [2.05, 4.69) is 10.6 Å². The van der Waals surface area contributed by atoms with Gasteiger partial charge in [-0.05, 0) is 37.4 Å². The van der Waals surface area contributed by atoms with Crippen LogP contribution in [0.5, 0.6) is 0 Å². The zero-order valence-corrected chi connectivity index (χ0v) is 15.3. The van der Waals surface area contributed by atoms with Crippen molar-refractivity contribution in [2.75, 3.05) is 13.1 Å². The molecule has 2 aliphatic heterocycles. The minimum absolute atomic E-state index is 0.0476. The van der Waals surface area contributed by atoms with E-state index in [1.165, 1.54) is 6.07 Å². The molecule has 0 spiro atoms. The molecular weight excluding hydrogens is 364 g/mol. The van der Waals surface area contributed by atoms with Crippen LogP contribution in [0.2, 0.25) is 0 Å². The monoisotopic (exact) mass is 386 g/mol. The fourth-order valence-corrected chi connectivity index (χ4v) is 3.46. The normalized spacial score (nSPS) is 18.9. The molecule has 2 aliphatic rings. The van der Waals surface area contributed by atoms with Crippen LogP contribution in [0, 0.1) is 0 Å². The van der Waals surface area contributed by atoms with Gasteiger partial charge < -0.3 is 11.1 Å². The molecule has 1 aromatic rings. The molecular formula is C19H22N4O5. The molecule has 0 saturated carbocycles. The van der Waals surface area contributed by atoms with Crippen LogP contribution in [0.4, 0.5) is 0 Å². The van der Waals surface area contributed by atoms with Crippen molar-refractivity contribution < 1.29 is 24.0 Å². The Bertz CT molecular complexity index is 851. The Kier molecular flexibility index (Phi) is 5.84. The number of nitrogens with one attached hydrogen (secondary N) is 2. The second-order valence-electron chi connectivity index (χ2n) is 6.81. The Balaban J connectivity index is 1.77. The van der Waals surface area contributed by atoms with Crippen LogP contribution in [0.1, 0.15) is 52.0 Å². The summed E-state index contributed by atoms with van der Waals surface area (Å²) in [6.45, 7) is 1.04. The summed E-state index contributed by atoms with van der Waals surface area (Å²) >= 11 is 0. The van der Waals surface area contributed by atoms with Gasteiger partial charge in [-0.25, -0.2) is 0 Å². The number of imide groups is 2. The average Bonchev–Trinajstić information content (AvgIpc) is 2.91. The zero-order chi connectivity index (χ0) is 20.3. The Morgan fingerprint density at radius 2 is 1.96 bits per heavy atom. The number of piperidine rings is 1. The van der Waals surface area contributed by atoms with Gasteiger partial charge >= 0.3 is 0 Å². The highest BCUT2D eigenvalue weighted by atomic mass is 16.2. The van der Waals surface area contributed by atoms with Crippen LogP contribution < -0.4 is 16.4 Å². The summed E-state index contributed by atoms with van der Waals surface area (Å²) in [7, 11) is 0. The minimum atomic E-state index is -1.02. The summed E-state index contributed by atoms with van der Waals surface area (Å²) in [5.41, 5.74) is 6.17. The van der Waals surface area contributed by atoms with Crippen molar-refractivity contribution in [1.29, 1.82) is 0 Å². The third-order valence-corrected chi connectivity index (χ3v) is 4.86. The maximum absolute atomic E-state index is 12.9. The molecule has 1 aromatic carbocycles. The molecule has 5 amide bonds. The summed E-state index contributed by atoms with van der Waals surface area (Å²) < 4.78 is 0. The van der Waals surface area contributed by atoms with Crippen molar-refractivity contribution in [2.45, 2.75) is 38.1 Å². The highest BCUT2D eigenvalue weighted by molar-refractivity contribution is 6.24. The number of amides is 5. The molecule has 4 N–H and O–H groups in total. The number of nitrogens with zero attached hydrogens (tertiary/aromatic N) is 1. The molecule has 2 heterocycles. The highest BCUT2D eigenvalue weighted by Crippen LogP contribution is 2.30. The summed E-state index contributed by atoms with van der Waals surface area (Å²) in [5.74, 6) is -2.54. The number of benzene rings is 1. The molecule has 0 radical (unpaired) electrons. The van der Waals surface area contributed by atoms with Gasteiger partial charge in [0.05, 0.1) is 17.5 Å². The first-order valence-corrected chi connectivity index (χ1v) is 9.24. The lowest BCUT2D eigenvalue weighted by Crippen LogP contribution is -2.54. The summed E-state index contributed by atoms with van der Waals surface area (Å²) in [5, 5.41) is 4.92. The van der Waals surface area contributed by atoms with Crippen molar-refractivity contribution >= 4 is 29.5 Å². The van der Waals surface area contributed by atoms with Crippen LogP contribution in [0.15, 0.2) is 18.2 Å². The van der Waals surface area contributed by atoms with E-state index < -0.39 is 29.7 Å². The Labute approximate surface area is 161 Å². The van der Waals surface area contributed by atoms with Crippen molar-refractivity contribution in [2.24, 2.45) is 5.73 Å². The molecule has 9 heteroatoms. The topological polar surface area (TPSA) is 139 Å². The van der Waals surface area contributed by atoms with Gasteiger partial charge in [0.2, 0.25) is 17.7 Å². The Morgan fingerprint density at radius 3 is 2.68 bits per heavy atom. The molecule has 1 atom stereocenters. The van der Waals surface area contributed by atoms with E-state index in [1.807, 2.05) is 0 Å². The lowest BCUT2D eigenvalue weighted by atomic mass is 10.00. The number of carbonyl (C=O) groups excluding carboxylic acids is 5. The number of hydrogen-bond donors (Lipinski definition) is 3. The molecule has 0 aliphatic carbocycles. The SMILES string of the molecule is NCCCCNC(=O)Cc1cccc2c1C(=O)N(C1CCC(=O)NC1=O)C2=O. The van der Waals surface area contributed by atoms with Crippen molar-refractivity contribution in [3.05, 3.63) is 34.9 Å². The number of rotatable bonds is 7. The van der Waals surface area contributed by atoms with Crippen molar-refractivity contribution in [1.82, 2.24) is 15.5 Å². The maximum Gasteiger partial charge on any atom is 0.262 e. The predicted molar refractivity (Wildman–Crippen MR) is 98.1 cm³/mol. The third-order valence-electron chi connectivity index (χ3n) is 4.86. The van der Waals surface area contributed by atoms with Gasteiger partial charge in [-0.1, -0.05) is 12.1 Å². The van der Waals surface area contributed by atoms with Gasteiger partial charge in [0.15, 0.2) is 0 Å². The smallest absolute Gasteiger partial charge is 0.262 e. The van der Waals surface area contributed by atoms with Crippen LogP contribution in [-0.2, 0) is 20.8 Å². The fraction of sp³-hybridized carbons (Fsp3) is 0.421. The summed E-state index contributed by atoms with van der Waals surface area (Å²) in [4.78, 5) is 62.2. The number of fused-ring (bicyclic) bond motifs is 1. The molecule has 0 aromatic heterocycles. The van der Waals surface area contributed by atoms with Crippen molar-refractivity contribution in [3.8, 4) is 0 Å². The lowest BCUT2D eigenvalue weighted by molar-refractivity contribution is -0.136. The summed E-state index contributed by atoms with van der Waals surface area (Å²) in [6.07, 6.45) is 1.66. The van der Waals surface area contributed by atoms with Crippen LogP contribution >= 0.6 is 0 Å². The second-order valence-corrected chi connectivity index (χ2v) is 6.81. The first kappa shape index (κ1) is 19.7.